The molecule has 0 radical (unpaired) electrons. The van der Waals surface area contributed by atoms with E-state index in [0.717, 1.165) is 38.4 Å². The molecular formula is C38H27N4OP. The summed E-state index contributed by atoms with van der Waals surface area (Å²) in [6, 6.07) is 49.2. The second-order valence-electron chi connectivity index (χ2n) is 10.3. The van der Waals surface area contributed by atoms with Gasteiger partial charge in [0, 0.05) is 50.6 Å². The molecule has 0 fully saturated rings. The summed E-state index contributed by atoms with van der Waals surface area (Å²) in [5, 5.41) is 2.22. The summed E-state index contributed by atoms with van der Waals surface area (Å²) < 4.78 is 15.0. The fourth-order valence-electron chi connectivity index (χ4n) is 5.26. The second kappa shape index (κ2) is 12.0. The Morgan fingerprint density at radius 1 is 0.364 bits per heavy atom. The topological polar surface area (TPSA) is 68.6 Å². The van der Waals surface area contributed by atoms with Crippen molar-refractivity contribution in [1.29, 1.82) is 0 Å². The maximum atomic E-state index is 15.0. The largest absolute Gasteiger partial charge is 0.309 e. The number of hydrogen-bond donors (Lipinski definition) is 0. The lowest BCUT2D eigenvalue weighted by Gasteiger charge is -2.20. The molecule has 7 rings (SSSR count). The Morgan fingerprint density at radius 3 is 1.32 bits per heavy atom. The first kappa shape index (κ1) is 27.3. The lowest BCUT2D eigenvalue weighted by atomic mass is 10.0. The number of hydrogen-bond acceptors (Lipinski definition) is 5. The molecular weight excluding hydrogens is 559 g/mol. The maximum absolute atomic E-state index is 15.0. The molecule has 5 nitrogen and oxygen atoms in total. The normalized spacial score (nSPS) is 11.3. The Bertz CT molecular complexity index is 1990. The maximum Gasteiger partial charge on any atom is 0.172 e. The van der Waals surface area contributed by atoms with Crippen molar-refractivity contribution >= 4 is 23.1 Å². The molecule has 0 aliphatic rings. The summed E-state index contributed by atoms with van der Waals surface area (Å²) in [5.41, 5.74) is 4.46. The highest BCUT2D eigenvalue weighted by atomic mass is 31.2. The quantitative estimate of drug-likeness (QED) is 0.180. The summed E-state index contributed by atoms with van der Waals surface area (Å²) in [6.45, 7) is 0. The van der Waals surface area contributed by atoms with Crippen molar-refractivity contribution in [2.75, 3.05) is 0 Å². The summed E-state index contributed by atoms with van der Waals surface area (Å²) in [5.74, 6) is 1.79. The fraction of sp³-hybridized carbons (Fsp3) is 0. The molecule has 5 aromatic carbocycles. The number of nitrogens with zero attached hydrogens (tertiary/aromatic N) is 4. The molecule has 0 unspecified atom stereocenters. The van der Waals surface area contributed by atoms with Crippen LogP contribution in [0.3, 0.4) is 0 Å². The van der Waals surface area contributed by atoms with Crippen LogP contribution in [0, 0.1) is 0 Å². The lowest BCUT2D eigenvalue weighted by Crippen LogP contribution is -2.25. The predicted molar refractivity (Wildman–Crippen MR) is 179 cm³/mol. The molecule has 6 heteroatoms. The van der Waals surface area contributed by atoms with Gasteiger partial charge in [0.25, 0.3) is 0 Å². The second-order valence-corrected chi connectivity index (χ2v) is 13.1. The van der Waals surface area contributed by atoms with E-state index in [1.165, 1.54) is 0 Å². The summed E-state index contributed by atoms with van der Waals surface area (Å²) in [7, 11) is -3.17. The van der Waals surface area contributed by atoms with Gasteiger partial charge in [-0.15, -0.1) is 0 Å². The van der Waals surface area contributed by atoms with Crippen molar-refractivity contribution in [3.8, 4) is 45.3 Å². The van der Waals surface area contributed by atoms with E-state index in [-0.39, 0.29) is 0 Å². The van der Waals surface area contributed by atoms with Crippen molar-refractivity contribution in [3.63, 3.8) is 0 Å². The van der Waals surface area contributed by atoms with Gasteiger partial charge >= 0.3 is 0 Å². The van der Waals surface area contributed by atoms with Gasteiger partial charge in [0.15, 0.2) is 24.6 Å². The number of rotatable bonds is 7. The Morgan fingerprint density at radius 2 is 0.795 bits per heavy atom. The molecule has 44 heavy (non-hydrogen) atoms. The highest BCUT2D eigenvalue weighted by Crippen LogP contribution is 2.42. The van der Waals surface area contributed by atoms with Crippen LogP contribution in [0.4, 0.5) is 0 Å². The lowest BCUT2D eigenvalue weighted by molar-refractivity contribution is 0.592. The zero-order valence-electron chi connectivity index (χ0n) is 23.7. The van der Waals surface area contributed by atoms with Gasteiger partial charge in [-0.1, -0.05) is 140 Å². The molecule has 2 aromatic heterocycles. The predicted octanol–water partition coefficient (Wildman–Crippen LogP) is 7.57. The molecule has 0 amide bonds. The minimum atomic E-state index is -3.17. The van der Waals surface area contributed by atoms with Gasteiger partial charge in [0.05, 0.1) is 0 Å². The average molecular weight is 587 g/mol. The van der Waals surface area contributed by atoms with E-state index in [4.69, 9.17) is 15.0 Å². The highest BCUT2D eigenvalue weighted by molar-refractivity contribution is 7.85. The van der Waals surface area contributed by atoms with Crippen molar-refractivity contribution < 1.29 is 4.57 Å². The third-order valence-corrected chi connectivity index (χ3v) is 10.5. The van der Waals surface area contributed by atoms with Crippen LogP contribution in [0.1, 0.15) is 0 Å². The van der Waals surface area contributed by atoms with Gasteiger partial charge in [0.2, 0.25) is 0 Å². The van der Waals surface area contributed by atoms with Crippen LogP contribution in [0.25, 0.3) is 45.3 Å². The van der Waals surface area contributed by atoms with E-state index in [1.807, 2.05) is 146 Å². The van der Waals surface area contributed by atoms with Gasteiger partial charge in [-0.2, -0.15) is 0 Å². The van der Waals surface area contributed by atoms with Gasteiger partial charge in [-0.25, -0.2) is 15.0 Å². The Hall–Kier alpha value is -5.51. The van der Waals surface area contributed by atoms with E-state index in [0.29, 0.717) is 22.8 Å². The third-order valence-electron chi connectivity index (χ3n) is 7.48. The summed E-state index contributed by atoms with van der Waals surface area (Å²) >= 11 is 0. The standard InChI is InChI=1S/C38H27N4OP/c43-44(33-20-9-3-10-21-33,34-22-11-4-12-23-34)35-25-32(26-39-27-35)30-18-13-19-31(24-30)38-41-36(28-14-5-1-6-15-28)40-37(42-38)29-16-7-2-8-17-29/h1-27H. The van der Waals surface area contributed by atoms with Crippen LogP contribution in [0.2, 0.25) is 0 Å². The van der Waals surface area contributed by atoms with E-state index in [1.54, 1.807) is 12.4 Å². The Labute approximate surface area is 256 Å². The van der Waals surface area contributed by atoms with Crippen molar-refractivity contribution in [2.45, 2.75) is 0 Å². The molecule has 0 saturated heterocycles. The molecule has 0 spiro atoms. The van der Waals surface area contributed by atoms with Crippen LogP contribution in [0.15, 0.2) is 164 Å². The molecule has 7 aromatic rings. The zero-order chi connectivity index (χ0) is 29.8. The van der Waals surface area contributed by atoms with Crippen LogP contribution < -0.4 is 15.9 Å². The van der Waals surface area contributed by atoms with Crippen LogP contribution in [-0.2, 0) is 4.57 Å². The molecule has 0 atom stereocenters. The first-order valence-corrected chi connectivity index (χ1v) is 16.0. The summed E-state index contributed by atoms with van der Waals surface area (Å²) in [4.78, 5) is 19.2. The van der Waals surface area contributed by atoms with E-state index >= 15 is 0 Å². The minimum absolute atomic E-state index is 0.572. The molecule has 0 bridgehead atoms. The van der Waals surface area contributed by atoms with Crippen molar-refractivity contribution in [1.82, 2.24) is 19.9 Å². The molecule has 0 N–H and O–H groups in total. The van der Waals surface area contributed by atoms with Gasteiger partial charge in [-0.3, -0.25) is 4.98 Å². The Balaban J connectivity index is 1.34. The number of pyridine rings is 1. The zero-order valence-corrected chi connectivity index (χ0v) is 24.6. The molecule has 210 valence electrons. The third kappa shape index (κ3) is 5.37. The first-order chi connectivity index (χ1) is 21.7. The number of aromatic nitrogens is 4. The smallest absolute Gasteiger partial charge is 0.172 e. The minimum Gasteiger partial charge on any atom is -0.309 e. The van der Waals surface area contributed by atoms with Gasteiger partial charge in [-0.05, 0) is 17.7 Å². The van der Waals surface area contributed by atoms with Crippen LogP contribution in [0.5, 0.6) is 0 Å². The molecule has 0 aliphatic heterocycles. The SMILES string of the molecule is O=P(c1ccccc1)(c1ccccc1)c1cncc(-c2cccc(-c3nc(-c4ccccc4)nc(-c4ccccc4)n3)c2)c1. The molecule has 0 aliphatic carbocycles. The average Bonchev–Trinajstić information content (AvgIpc) is 3.12. The monoisotopic (exact) mass is 586 g/mol. The first-order valence-electron chi connectivity index (χ1n) is 14.3. The fourth-order valence-corrected chi connectivity index (χ4v) is 7.89. The van der Waals surface area contributed by atoms with E-state index < -0.39 is 7.14 Å². The van der Waals surface area contributed by atoms with Crippen LogP contribution >= 0.6 is 7.14 Å². The van der Waals surface area contributed by atoms with Crippen LogP contribution in [-0.4, -0.2) is 19.9 Å². The summed E-state index contributed by atoms with van der Waals surface area (Å²) in [6.07, 6.45) is 3.53. The van der Waals surface area contributed by atoms with E-state index in [2.05, 4.69) is 11.1 Å². The molecule has 2 heterocycles. The van der Waals surface area contributed by atoms with E-state index in [9.17, 15) is 4.57 Å². The number of benzene rings is 5. The van der Waals surface area contributed by atoms with Crippen molar-refractivity contribution in [3.05, 3.63) is 164 Å². The van der Waals surface area contributed by atoms with Gasteiger partial charge < -0.3 is 4.57 Å². The molecule has 0 saturated carbocycles. The van der Waals surface area contributed by atoms with Gasteiger partial charge in [0.1, 0.15) is 0 Å². The Kier molecular flexibility index (Phi) is 7.46. The van der Waals surface area contributed by atoms with Crippen molar-refractivity contribution in [2.24, 2.45) is 0 Å². The highest BCUT2D eigenvalue weighted by Gasteiger charge is 2.30.